The van der Waals surface area contributed by atoms with E-state index in [1.54, 1.807) is 23.6 Å². The molecule has 20 heavy (non-hydrogen) atoms. The molecule has 1 aliphatic rings. The largest absolute Gasteiger partial charge is 0.278 e. The molecule has 3 rings (SSSR count). The van der Waals surface area contributed by atoms with E-state index in [0.717, 1.165) is 11.4 Å². The Morgan fingerprint density at radius 1 is 1.30 bits per heavy atom. The summed E-state index contributed by atoms with van der Waals surface area (Å²) in [4.78, 5) is 0. The van der Waals surface area contributed by atoms with Crippen molar-refractivity contribution in [1.29, 1.82) is 0 Å². The van der Waals surface area contributed by atoms with Gasteiger partial charge in [-0.2, -0.15) is 5.10 Å². The molecule has 1 aromatic carbocycles. The van der Waals surface area contributed by atoms with E-state index in [9.17, 15) is 8.42 Å². The maximum absolute atomic E-state index is 11.9. The maximum Gasteiger partial charge on any atom is 0.188 e. The van der Waals surface area contributed by atoms with Gasteiger partial charge in [0.05, 0.1) is 17.2 Å². The van der Waals surface area contributed by atoms with Crippen molar-refractivity contribution in [2.75, 3.05) is 11.2 Å². The van der Waals surface area contributed by atoms with Crippen LogP contribution >= 0.6 is 22.9 Å². The minimum Gasteiger partial charge on any atom is -0.278 e. The first-order valence-electron chi connectivity index (χ1n) is 5.95. The topological polar surface area (TPSA) is 58.5 Å². The molecule has 1 aromatic heterocycles. The van der Waals surface area contributed by atoms with Crippen LogP contribution in [0.3, 0.4) is 0 Å². The fourth-order valence-electron chi connectivity index (χ4n) is 2.01. The van der Waals surface area contributed by atoms with Crippen LogP contribution in [0.5, 0.6) is 0 Å². The summed E-state index contributed by atoms with van der Waals surface area (Å²) < 4.78 is 24.2. The van der Waals surface area contributed by atoms with Gasteiger partial charge in [-0.25, -0.2) is 8.42 Å². The van der Waals surface area contributed by atoms with Gasteiger partial charge in [0.2, 0.25) is 0 Å². The van der Waals surface area contributed by atoms with Crippen LogP contribution in [-0.4, -0.2) is 19.9 Å². The Kier molecular flexibility index (Phi) is 3.54. The van der Waals surface area contributed by atoms with Gasteiger partial charge in [0.15, 0.2) is 9.84 Å². The number of anilines is 1. The van der Waals surface area contributed by atoms with E-state index >= 15 is 0 Å². The second-order valence-corrected chi connectivity index (χ2v) is 8.03. The van der Waals surface area contributed by atoms with Crippen molar-refractivity contribution in [3.8, 4) is 0 Å². The van der Waals surface area contributed by atoms with Gasteiger partial charge in [0, 0.05) is 17.0 Å². The van der Waals surface area contributed by atoms with Crippen molar-refractivity contribution in [2.24, 2.45) is 5.10 Å². The highest BCUT2D eigenvalue weighted by Crippen LogP contribution is 2.30. The third-order valence-corrected chi connectivity index (χ3v) is 6.49. The highest BCUT2D eigenvalue weighted by Gasteiger charge is 2.28. The molecule has 2 aromatic rings. The van der Waals surface area contributed by atoms with Crippen LogP contribution in [0.25, 0.3) is 0 Å². The van der Waals surface area contributed by atoms with E-state index in [4.69, 9.17) is 11.6 Å². The molecule has 0 saturated carbocycles. The number of nitrogens with zero attached hydrogens (tertiary/aromatic N) is 1. The number of fused-ring (bicyclic) bond motifs is 1. The van der Waals surface area contributed by atoms with Crippen molar-refractivity contribution in [1.82, 2.24) is 0 Å². The summed E-state index contributed by atoms with van der Waals surface area (Å²) in [6, 6.07) is 9.02. The van der Waals surface area contributed by atoms with Gasteiger partial charge in [-0.05, 0) is 29.6 Å². The van der Waals surface area contributed by atoms with Crippen LogP contribution in [0.1, 0.15) is 12.0 Å². The summed E-state index contributed by atoms with van der Waals surface area (Å²) in [6.45, 7) is 0. The van der Waals surface area contributed by atoms with Crippen LogP contribution < -0.4 is 5.43 Å². The predicted molar refractivity (Wildman–Crippen MR) is 82.6 cm³/mol. The molecule has 0 fully saturated rings. The summed E-state index contributed by atoms with van der Waals surface area (Å²) in [5, 5.41) is 6.73. The maximum atomic E-state index is 11.9. The molecule has 0 atom stereocenters. The molecule has 1 aliphatic heterocycles. The Morgan fingerprint density at radius 3 is 2.95 bits per heavy atom. The first kappa shape index (κ1) is 13.6. The van der Waals surface area contributed by atoms with Crippen molar-refractivity contribution in [3.05, 3.63) is 46.3 Å². The summed E-state index contributed by atoms with van der Waals surface area (Å²) in [5.41, 5.74) is 5.16. The number of sulfone groups is 1. The number of hydrazone groups is 1. The number of halogens is 1. The van der Waals surface area contributed by atoms with Crippen LogP contribution in [0.4, 0.5) is 5.69 Å². The third kappa shape index (κ3) is 2.59. The number of rotatable bonds is 2. The molecule has 2 heterocycles. The van der Waals surface area contributed by atoms with Crippen LogP contribution in [-0.2, 0) is 9.84 Å². The number of hydrogen-bond acceptors (Lipinski definition) is 5. The van der Waals surface area contributed by atoms with Crippen molar-refractivity contribution in [3.63, 3.8) is 0 Å². The lowest BCUT2D eigenvalue weighted by atomic mass is 10.1. The third-order valence-electron chi connectivity index (χ3n) is 2.98. The molecule has 0 bridgehead atoms. The SMILES string of the molecule is O=S1(=O)CC/C(=N\Nc2cccc(Cl)c2)c2ccsc21. The highest BCUT2D eigenvalue weighted by molar-refractivity contribution is 7.93. The minimum atomic E-state index is -3.13. The summed E-state index contributed by atoms with van der Waals surface area (Å²) in [5.74, 6) is 0.108. The molecule has 104 valence electrons. The average Bonchev–Trinajstić information content (AvgIpc) is 2.89. The average molecular weight is 327 g/mol. The highest BCUT2D eigenvalue weighted by atomic mass is 35.5. The predicted octanol–water partition coefficient (Wildman–Crippen LogP) is 3.40. The van der Waals surface area contributed by atoms with Crippen LogP contribution in [0.2, 0.25) is 5.02 Å². The van der Waals surface area contributed by atoms with Gasteiger partial charge >= 0.3 is 0 Å². The molecule has 0 unspecified atom stereocenters. The van der Waals surface area contributed by atoms with Gasteiger partial charge in [0.1, 0.15) is 4.21 Å². The molecule has 0 spiro atoms. The minimum absolute atomic E-state index is 0.108. The first-order chi connectivity index (χ1) is 9.56. The molecule has 0 radical (unpaired) electrons. The normalized spacial score (nSPS) is 18.8. The standard InChI is InChI=1S/C13H11ClN2O2S2/c14-9-2-1-3-10(8-9)15-16-12-5-7-20(17,18)13-11(12)4-6-19-13/h1-4,6,8,15H,5,7H2/b16-12+. The van der Waals surface area contributed by atoms with Gasteiger partial charge in [-0.3, -0.25) is 5.43 Å². The lowest BCUT2D eigenvalue weighted by Gasteiger charge is -2.14. The summed E-state index contributed by atoms with van der Waals surface area (Å²) in [6.07, 6.45) is 0.416. The second kappa shape index (κ2) is 5.20. The Balaban J connectivity index is 1.91. The quantitative estimate of drug-likeness (QED) is 0.860. The van der Waals surface area contributed by atoms with E-state index in [2.05, 4.69) is 10.5 Å². The van der Waals surface area contributed by atoms with Crippen molar-refractivity contribution < 1.29 is 8.42 Å². The van der Waals surface area contributed by atoms with E-state index in [1.807, 2.05) is 12.1 Å². The summed E-state index contributed by atoms with van der Waals surface area (Å²) >= 11 is 7.14. The first-order valence-corrected chi connectivity index (χ1v) is 8.86. The Labute approximate surface area is 126 Å². The zero-order valence-corrected chi connectivity index (χ0v) is 12.7. The lowest BCUT2D eigenvalue weighted by Crippen LogP contribution is -2.20. The molecular formula is C13H11ClN2O2S2. The molecule has 0 aliphatic carbocycles. The van der Waals surface area contributed by atoms with Crippen LogP contribution in [0.15, 0.2) is 45.0 Å². The molecular weight excluding hydrogens is 316 g/mol. The van der Waals surface area contributed by atoms with Crippen molar-refractivity contribution >= 4 is 44.2 Å². The smallest absolute Gasteiger partial charge is 0.188 e. The second-order valence-electron chi connectivity index (χ2n) is 4.37. The monoisotopic (exact) mass is 326 g/mol. The Hall–Kier alpha value is -1.37. The molecule has 1 N–H and O–H groups in total. The van der Waals surface area contributed by atoms with E-state index in [1.165, 1.54) is 11.3 Å². The van der Waals surface area contributed by atoms with Gasteiger partial charge < -0.3 is 0 Å². The number of benzene rings is 1. The number of thiophene rings is 1. The lowest BCUT2D eigenvalue weighted by molar-refractivity contribution is 0.597. The van der Waals surface area contributed by atoms with Crippen LogP contribution in [0, 0.1) is 0 Å². The summed E-state index contributed by atoms with van der Waals surface area (Å²) in [7, 11) is -3.13. The molecule has 0 saturated heterocycles. The van der Waals surface area contributed by atoms with E-state index < -0.39 is 9.84 Å². The zero-order chi connectivity index (χ0) is 14.2. The van der Waals surface area contributed by atoms with Crippen molar-refractivity contribution in [2.45, 2.75) is 10.6 Å². The molecule has 0 amide bonds. The molecule has 4 nitrogen and oxygen atoms in total. The number of nitrogens with one attached hydrogen (secondary N) is 1. The van der Waals surface area contributed by atoms with Gasteiger partial charge in [0.25, 0.3) is 0 Å². The van der Waals surface area contributed by atoms with E-state index in [-0.39, 0.29) is 5.75 Å². The van der Waals surface area contributed by atoms with E-state index in [0.29, 0.717) is 21.2 Å². The van der Waals surface area contributed by atoms with Gasteiger partial charge in [-0.1, -0.05) is 17.7 Å². The van der Waals surface area contributed by atoms with Gasteiger partial charge in [-0.15, -0.1) is 11.3 Å². The fourth-order valence-corrected chi connectivity index (χ4v) is 5.02. The molecule has 7 heteroatoms. The Morgan fingerprint density at radius 2 is 2.15 bits per heavy atom. The fraction of sp³-hybridized carbons (Fsp3) is 0.154. The Bertz CT molecular complexity index is 781. The number of hydrogen-bond donors (Lipinski definition) is 1. The zero-order valence-electron chi connectivity index (χ0n) is 10.3.